The van der Waals surface area contributed by atoms with Gasteiger partial charge >= 0.3 is 0 Å². The number of fused-ring (bicyclic) bond motifs is 1. The molecule has 2 aromatic rings. The first-order valence-corrected chi connectivity index (χ1v) is 8.90. The summed E-state index contributed by atoms with van der Waals surface area (Å²) < 4.78 is 17.0. The summed E-state index contributed by atoms with van der Waals surface area (Å²) in [5.41, 5.74) is 2.25. The maximum absolute atomic E-state index is 14.8. The van der Waals surface area contributed by atoms with Crippen LogP contribution >= 0.6 is 0 Å². The van der Waals surface area contributed by atoms with Gasteiger partial charge in [-0.25, -0.2) is 4.39 Å². The third-order valence-electron chi connectivity index (χ3n) is 5.15. The van der Waals surface area contributed by atoms with Gasteiger partial charge in [-0.3, -0.25) is 4.79 Å². The van der Waals surface area contributed by atoms with Gasteiger partial charge in [0.2, 0.25) is 0 Å². The molecule has 1 aliphatic heterocycles. The van der Waals surface area contributed by atoms with Gasteiger partial charge in [-0.05, 0) is 30.9 Å². The van der Waals surface area contributed by atoms with Crippen LogP contribution in [-0.2, 0) is 0 Å². The average Bonchev–Trinajstić information content (AvgIpc) is 3.40. The van der Waals surface area contributed by atoms with Crippen LogP contribution in [0.2, 0.25) is 0 Å². The Bertz CT molecular complexity index is 833. The third-order valence-corrected chi connectivity index (χ3v) is 5.15. The lowest BCUT2D eigenvalue weighted by atomic mass is 10.0. The molecule has 128 valence electrons. The highest BCUT2D eigenvalue weighted by atomic mass is 19.1. The number of nitrogens with zero attached hydrogens (tertiary/aromatic N) is 2. The van der Waals surface area contributed by atoms with E-state index >= 15 is 0 Å². The molecule has 0 radical (unpaired) electrons. The highest BCUT2D eigenvalue weighted by Gasteiger charge is 2.27. The van der Waals surface area contributed by atoms with Crippen molar-refractivity contribution in [3.05, 3.63) is 39.9 Å². The van der Waals surface area contributed by atoms with Crippen molar-refractivity contribution in [2.75, 3.05) is 31.1 Å². The molecular weight excluding hydrogens is 305 g/mol. The van der Waals surface area contributed by atoms with Crippen LogP contribution in [0.15, 0.2) is 23.1 Å². The van der Waals surface area contributed by atoms with Gasteiger partial charge in [0.15, 0.2) is 5.43 Å². The fourth-order valence-electron chi connectivity index (χ4n) is 3.59. The quantitative estimate of drug-likeness (QED) is 0.940. The van der Waals surface area contributed by atoms with Crippen LogP contribution in [0, 0.1) is 5.82 Å². The van der Waals surface area contributed by atoms with Crippen molar-refractivity contribution in [3.63, 3.8) is 0 Å². The van der Waals surface area contributed by atoms with Crippen LogP contribution in [0.3, 0.4) is 0 Å². The topological polar surface area (TPSA) is 37.3 Å². The van der Waals surface area contributed by atoms with E-state index in [0.29, 0.717) is 17.1 Å². The molecule has 2 fully saturated rings. The lowest BCUT2D eigenvalue weighted by Crippen LogP contribution is -2.43. The van der Waals surface area contributed by atoms with Gasteiger partial charge in [0.25, 0.3) is 0 Å². The molecule has 0 amide bonds. The Labute approximate surface area is 141 Å². The molecule has 1 saturated heterocycles. The van der Waals surface area contributed by atoms with Crippen molar-refractivity contribution in [2.24, 2.45) is 0 Å². The summed E-state index contributed by atoms with van der Waals surface area (Å²) in [5, 5.41) is 3.81. The van der Waals surface area contributed by atoms with Gasteiger partial charge in [0.05, 0.1) is 11.2 Å². The number of benzene rings is 1. The molecule has 1 saturated carbocycles. The monoisotopic (exact) mass is 329 g/mol. The molecule has 1 aromatic carbocycles. The summed E-state index contributed by atoms with van der Waals surface area (Å²) in [4.78, 5) is 14.9. The number of piperazine rings is 1. The Hall–Kier alpha value is -1.88. The second-order valence-corrected chi connectivity index (χ2v) is 7.26. The summed E-state index contributed by atoms with van der Waals surface area (Å²) in [6.45, 7) is 7.34. The molecule has 0 unspecified atom stereocenters. The maximum Gasteiger partial charge on any atom is 0.192 e. The van der Waals surface area contributed by atoms with E-state index in [2.05, 4.69) is 14.8 Å². The number of hydrogen-bond acceptors (Lipinski definition) is 3. The molecule has 2 aliphatic rings. The van der Waals surface area contributed by atoms with Crippen LogP contribution in [0.4, 0.5) is 10.1 Å². The van der Waals surface area contributed by atoms with E-state index in [1.807, 2.05) is 26.1 Å². The van der Waals surface area contributed by atoms with E-state index in [1.165, 1.54) is 6.07 Å². The second kappa shape index (κ2) is 5.88. The normalized spacial score (nSPS) is 18.6. The smallest absolute Gasteiger partial charge is 0.192 e. The number of rotatable bonds is 3. The van der Waals surface area contributed by atoms with E-state index in [1.54, 1.807) is 0 Å². The Morgan fingerprint density at radius 2 is 1.92 bits per heavy atom. The molecule has 4 rings (SSSR count). The molecule has 1 aromatic heterocycles. The average molecular weight is 329 g/mol. The van der Waals surface area contributed by atoms with E-state index in [-0.39, 0.29) is 17.2 Å². The zero-order chi connectivity index (χ0) is 16.8. The number of halogens is 1. The van der Waals surface area contributed by atoms with Crippen molar-refractivity contribution in [1.29, 1.82) is 0 Å². The van der Waals surface area contributed by atoms with E-state index in [9.17, 15) is 9.18 Å². The molecule has 2 heterocycles. The Morgan fingerprint density at radius 3 is 2.54 bits per heavy atom. The summed E-state index contributed by atoms with van der Waals surface area (Å²) in [5.74, 6) is -0.146. The van der Waals surface area contributed by atoms with Crippen LogP contribution < -0.4 is 15.6 Å². The Morgan fingerprint density at radius 1 is 1.21 bits per heavy atom. The van der Waals surface area contributed by atoms with Gasteiger partial charge in [-0.15, -0.1) is 0 Å². The van der Waals surface area contributed by atoms with Crippen LogP contribution in [0.5, 0.6) is 0 Å². The Kier molecular flexibility index (Phi) is 3.83. The Balaban J connectivity index is 1.93. The molecule has 24 heavy (non-hydrogen) atoms. The van der Waals surface area contributed by atoms with Gasteiger partial charge in [0, 0.05) is 49.4 Å². The number of aromatic nitrogens is 1. The molecule has 5 heteroatoms. The fraction of sp³-hybridized carbons (Fsp3) is 0.526. The molecule has 1 N–H and O–H groups in total. The number of hydrogen-bond donors (Lipinski definition) is 1. The maximum atomic E-state index is 14.8. The first-order chi connectivity index (χ1) is 11.6. The van der Waals surface area contributed by atoms with Crippen molar-refractivity contribution >= 4 is 16.6 Å². The van der Waals surface area contributed by atoms with Crippen molar-refractivity contribution in [2.45, 2.75) is 38.6 Å². The number of nitrogens with one attached hydrogen (secondary N) is 1. The van der Waals surface area contributed by atoms with Crippen molar-refractivity contribution in [1.82, 2.24) is 9.88 Å². The highest BCUT2D eigenvalue weighted by molar-refractivity contribution is 5.84. The zero-order valence-electron chi connectivity index (χ0n) is 14.3. The number of pyridine rings is 1. The predicted molar refractivity (Wildman–Crippen MR) is 95.6 cm³/mol. The molecule has 0 spiro atoms. The molecule has 0 atom stereocenters. The lowest BCUT2D eigenvalue weighted by molar-refractivity contribution is 0.567. The first-order valence-electron chi connectivity index (χ1n) is 8.90. The summed E-state index contributed by atoms with van der Waals surface area (Å²) in [6, 6.07) is 3.80. The van der Waals surface area contributed by atoms with Gasteiger partial charge in [-0.1, -0.05) is 13.8 Å². The van der Waals surface area contributed by atoms with Crippen molar-refractivity contribution in [3.8, 4) is 0 Å². The van der Waals surface area contributed by atoms with Crippen molar-refractivity contribution < 1.29 is 4.39 Å². The zero-order valence-corrected chi connectivity index (χ0v) is 14.3. The van der Waals surface area contributed by atoms with Crippen LogP contribution in [-0.4, -0.2) is 30.7 Å². The minimum absolute atomic E-state index is 0.0253. The molecule has 4 nitrogen and oxygen atoms in total. The second-order valence-electron chi connectivity index (χ2n) is 7.26. The largest absolute Gasteiger partial charge is 0.367 e. The summed E-state index contributed by atoms with van der Waals surface area (Å²) in [6.07, 6.45) is 4.28. The van der Waals surface area contributed by atoms with E-state index in [0.717, 1.165) is 50.1 Å². The number of anilines is 1. The van der Waals surface area contributed by atoms with Gasteiger partial charge < -0.3 is 14.8 Å². The van der Waals surface area contributed by atoms with Gasteiger partial charge in [-0.2, -0.15) is 0 Å². The minimum atomic E-state index is -0.287. The first kappa shape index (κ1) is 15.6. The summed E-state index contributed by atoms with van der Waals surface area (Å²) in [7, 11) is 0. The third kappa shape index (κ3) is 2.61. The fourth-order valence-corrected chi connectivity index (χ4v) is 3.59. The highest BCUT2D eigenvalue weighted by Crippen LogP contribution is 2.38. The summed E-state index contributed by atoms with van der Waals surface area (Å²) >= 11 is 0. The van der Waals surface area contributed by atoms with Crippen LogP contribution in [0.1, 0.15) is 44.2 Å². The van der Waals surface area contributed by atoms with Gasteiger partial charge in [0.1, 0.15) is 5.82 Å². The molecule has 1 aliphatic carbocycles. The molecule has 0 bridgehead atoms. The SMILES string of the molecule is CC(C)c1cn(C2CC2)c2cc(N3CCNCC3)c(F)cc2c1=O. The molecular formula is C19H24FN3O. The standard InChI is InChI=1S/C19H24FN3O/c1-12(2)15-11-23(13-3-4-13)17-10-18(22-7-5-21-6-8-22)16(20)9-14(17)19(15)24/h9-13,21H,3-8H2,1-2H3. The van der Waals surface area contributed by atoms with Crippen LogP contribution in [0.25, 0.3) is 10.9 Å². The lowest BCUT2D eigenvalue weighted by Gasteiger charge is -2.30. The van der Waals surface area contributed by atoms with E-state index in [4.69, 9.17) is 0 Å². The van der Waals surface area contributed by atoms with E-state index < -0.39 is 0 Å². The minimum Gasteiger partial charge on any atom is -0.367 e. The predicted octanol–water partition coefficient (Wildman–Crippen LogP) is 3.01.